The number of rotatable bonds is 4. The number of carbonyl (C=O) groups is 1. The Bertz CT molecular complexity index is 624. The van der Waals surface area contributed by atoms with Crippen LogP contribution in [0.1, 0.15) is 36.0 Å². The predicted octanol–water partition coefficient (Wildman–Crippen LogP) is 2.42. The molecule has 0 radical (unpaired) electrons. The molecule has 0 unspecified atom stereocenters. The quantitative estimate of drug-likeness (QED) is 0.932. The Hall–Kier alpha value is -1.66. The van der Waals surface area contributed by atoms with E-state index in [1.165, 1.54) is 17.8 Å². The standard InChI is InChI=1S/C12H14ClN3O3/c1-6(2)11(19-3)10-7(12(17)18)5-14-9-4-8(13)15-16(9)10/h4-6,11H,1-3H3,(H,17,18)/t11-/m1/s1. The Morgan fingerprint density at radius 3 is 2.74 bits per heavy atom. The number of hydrogen-bond acceptors (Lipinski definition) is 4. The van der Waals surface area contributed by atoms with Crippen molar-refractivity contribution in [3.8, 4) is 0 Å². The molecule has 1 atom stereocenters. The van der Waals surface area contributed by atoms with Crippen molar-refractivity contribution in [3.05, 3.63) is 28.7 Å². The first-order chi connectivity index (χ1) is 8.95. The minimum Gasteiger partial charge on any atom is -0.478 e. The van der Waals surface area contributed by atoms with E-state index >= 15 is 0 Å². The lowest BCUT2D eigenvalue weighted by Crippen LogP contribution is -2.19. The number of carboxylic acids is 1. The Morgan fingerprint density at radius 2 is 2.21 bits per heavy atom. The smallest absolute Gasteiger partial charge is 0.339 e. The fourth-order valence-corrected chi connectivity index (χ4v) is 2.23. The Morgan fingerprint density at radius 1 is 1.53 bits per heavy atom. The highest BCUT2D eigenvalue weighted by atomic mass is 35.5. The molecule has 19 heavy (non-hydrogen) atoms. The van der Waals surface area contributed by atoms with Crippen molar-refractivity contribution < 1.29 is 14.6 Å². The lowest BCUT2D eigenvalue weighted by atomic mass is 10.0. The highest BCUT2D eigenvalue weighted by Gasteiger charge is 2.26. The summed E-state index contributed by atoms with van der Waals surface area (Å²) in [6.07, 6.45) is 0.895. The van der Waals surface area contributed by atoms with Crippen molar-refractivity contribution in [3.63, 3.8) is 0 Å². The number of nitrogens with zero attached hydrogens (tertiary/aromatic N) is 3. The van der Waals surface area contributed by atoms with Gasteiger partial charge >= 0.3 is 5.97 Å². The normalized spacial score (nSPS) is 13.1. The predicted molar refractivity (Wildman–Crippen MR) is 69.5 cm³/mol. The summed E-state index contributed by atoms with van der Waals surface area (Å²) in [6, 6.07) is 1.57. The van der Waals surface area contributed by atoms with Gasteiger partial charge in [0.05, 0.1) is 5.69 Å². The maximum atomic E-state index is 11.3. The van der Waals surface area contributed by atoms with Crippen molar-refractivity contribution in [1.82, 2.24) is 14.6 Å². The minimum atomic E-state index is -1.07. The van der Waals surface area contributed by atoms with Crippen molar-refractivity contribution in [2.75, 3.05) is 7.11 Å². The molecule has 7 heteroatoms. The molecule has 2 rings (SSSR count). The fourth-order valence-electron chi connectivity index (χ4n) is 2.06. The monoisotopic (exact) mass is 283 g/mol. The molecule has 2 aromatic rings. The van der Waals surface area contributed by atoms with Gasteiger partial charge in [0.2, 0.25) is 0 Å². The molecule has 0 aliphatic rings. The van der Waals surface area contributed by atoms with Crippen molar-refractivity contribution >= 4 is 23.2 Å². The van der Waals surface area contributed by atoms with Crippen LogP contribution in [-0.4, -0.2) is 32.8 Å². The van der Waals surface area contributed by atoms with Gasteiger partial charge in [-0.3, -0.25) is 0 Å². The lowest BCUT2D eigenvalue weighted by molar-refractivity contribution is 0.0542. The summed E-state index contributed by atoms with van der Waals surface area (Å²) in [5.74, 6) is -0.990. The summed E-state index contributed by atoms with van der Waals surface area (Å²) < 4.78 is 6.84. The maximum Gasteiger partial charge on any atom is 0.339 e. The van der Waals surface area contributed by atoms with Crippen LogP contribution in [0.25, 0.3) is 5.65 Å². The molecule has 0 aromatic carbocycles. The van der Waals surface area contributed by atoms with Crippen LogP contribution in [0.3, 0.4) is 0 Å². The number of halogens is 1. The number of ether oxygens (including phenoxy) is 1. The number of fused-ring (bicyclic) bond motifs is 1. The van der Waals surface area contributed by atoms with Gasteiger partial charge in [0, 0.05) is 19.4 Å². The average molecular weight is 284 g/mol. The van der Waals surface area contributed by atoms with E-state index in [1.807, 2.05) is 13.8 Å². The number of carboxylic acid groups (broad SMARTS) is 1. The van der Waals surface area contributed by atoms with E-state index in [0.29, 0.717) is 11.3 Å². The molecule has 0 saturated carbocycles. The van der Waals surface area contributed by atoms with Crippen LogP contribution in [-0.2, 0) is 4.74 Å². The van der Waals surface area contributed by atoms with Gasteiger partial charge in [-0.15, -0.1) is 0 Å². The molecule has 2 aromatic heterocycles. The molecule has 0 amide bonds. The van der Waals surface area contributed by atoms with E-state index < -0.39 is 12.1 Å². The number of hydrogen-bond donors (Lipinski definition) is 1. The van der Waals surface area contributed by atoms with Crippen LogP contribution in [0.2, 0.25) is 5.15 Å². The summed E-state index contributed by atoms with van der Waals surface area (Å²) in [5.41, 5.74) is 1.00. The van der Waals surface area contributed by atoms with E-state index in [0.717, 1.165) is 0 Å². The van der Waals surface area contributed by atoms with Crippen LogP contribution in [0.15, 0.2) is 12.3 Å². The molecule has 0 saturated heterocycles. The zero-order chi connectivity index (χ0) is 14.2. The molecule has 0 aliphatic carbocycles. The average Bonchev–Trinajstić information content (AvgIpc) is 2.69. The van der Waals surface area contributed by atoms with Crippen LogP contribution in [0.4, 0.5) is 0 Å². The third kappa shape index (κ3) is 2.41. The number of aromatic carboxylic acids is 1. The molecule has 0 bridgehead atoms. The third-order valence-electron chi connectivity index (χ3n) is 2.85. The number of aromatic nitrogens is 3. The van der Waals surface area contributed by atoms with Crippen molar-refractivity contribution in [2.45, 2.75) is 20.0 Å². The second-order valence-electron chi connectivity index (χ2n) is 4.50. The Balaban J connectivity index is 2.78. The summed E-state index contributed by atoms with van der Waals surface area (Å²) >= 11 is 5.85. The second-order valence-corrected chi connectivity index (χ2v) is 4.89. The second kappa shape index (κ2) is 5.14. The van der Waals surface area contributed by atoms with Crippen molar-refractivity contribution in [2.24, 2.45) is 5.92 Å². The van der Waals surface area contributed by atoms with E-state index in [-0.39, 0.29) is 16.6 Å². The highest BCUT2D eigenvalue weighted by molar-refractivity contribution is 6.29. The zero-order valence-electron chi connectivity index (χ0n) is 10.8. The number of methoxy groups -OCH3 is 1. The Labute approximate surface area is 115 Å². The van der Waals surface area contributed by atoms with E-state index in [4.69, 9.17) is 16.3 Å². The van der Waals surface area contributed by atoms with Gasteiger partial charge in [-0.05, 0) is 5.92 Å². The third-order valence-corrected chi connectivity index (χ3v) is 3.03. The molecule has 0 aliphatic heterocycles. The lowest BCUT2D eigenvalue weighted by Gasteiger charge is -2.21. The first-order valence-electron chi connectivity index (χ1n) is 5.76. The maximum absolute atomic E-state index is 11.3. The van der Waals surface area contributed by atoms with E-state index in [9.17, 15) is 9.90 Å². The van der Waals surface area contributed by atoms with Gasteiger partial charge in [0.25, 0.3) is 0 Å². The SMILES string of the molecule is CO[C@@H](c1c(C(=O)O)cnc2cc(Cl)nn12)C(C)C. The van der Waals surface area contributed by atoms with Gasteiger partial charge in [-0.1, -0.05) is 25.4 Å². The van der Waals surface area contributed by atoms with Gasteiger partial charge in [-0.2, -0.15) is 5.10 Å². The fraction of sp³-hybridized carbons (Fsp3) is 0.417. The largest absolute Gasteiger partial charge is 0.478 e. The summed E-state index contributed by atoms with van der Waals surface area (Å²) in [4.78, 5) is 15.4. The van der Waals surface area contributed by atoms with Gasteiger partial charge in [-0.25, -0.2) is 14.3 Å². The molecular formula is C12H14ClN3O3. The molecule has 1 N–H and O–H groups in total. The van der Waals surface area contributed by atoms with E-state index in [1.54, 1.807) is 6.07 Å². The zero-order valence-corrected chi connectivity index (χ0v) is 11.5. The van der Waals surface area contributed by atoms with Crippen molar-refractivity contribution in [1.29, 1.82) is 0 Å². The summed E-state index contributed by atoms with van der Waals surface area (Å²) in [7, 11) is 1.54. The van der Waals surface area contributed by atoms with Crippen LogP contribution in [0.5, 0.6) is 0 Å². The summed E-state index contributed by atoms with van der Waals surface area (Å²) in [5, 5.41) is 13.6. The van der Waals surface area contributed by atoms with Gasteiger partial charge in [0.1, 0.15) is 11.7 Å². The molecule has 0 fully saturated rings. The topological polar surface area (TPSA) is 76.7 Å². The van der Waals surface area contributed by atoms with Crippen LogP contribution in [0, 0.1) is 5.92 Å². The summed E-state index contributed by atoms with van der Waals surface area (Å²) in [6.45, 7) is 3.88. The van der Waals surface area contributed by atoms with Crippen LogP contribution >= 0.6 is 11.6 Å². The van der Waals surface area contributed by atoms with Crippen LogP contribution < -0.4 is 0 Å². The van der Waals surface area contributed by atoms with E-state index in [2.05, 4.69) is 10.1 Å². The molecule has 2 heterocycles. The minimum absolute atomic E-state index is 0.0628. The first kappa shape index (κ1) is 13.8. The van der Waals surface area contributed by atoms with Gasteiger partial charge in [0.15, 0.2) is 10.8 Å². The first-order valence-corrected chi connectivity index (χ1v) is 6.13. The van der Waals surface area contributed by atoms with Gasteiger partial charge < -0.3 is 9.84 Å². The highest BCUT2D eigenvalue weighted by Crippen LogP contribution is 2.28. The Kier molecular flexibility index (Phi) is 3.73. The molecule has 102 valence electrons. The molecule has 0 spiro atoms. The molecular weight excluding hydrogens is 270 g/mol. The molecule has 6 nitrogen and oxygen atoms in total.